The molecule has 0 unspecified atom stereocenters. The molecule has 0 bridgehead atoms. The van der Waals surface area contributed by atoms with E-state index in [9.17, 15) is 0 Å². The Morgan fingerprint density at radius 2 is 2.24 bits per heavy atom. The van der Waals surface area contributed by atoms with E-state index in [-0.39, 0.29) is 0 Å². The van der Waals surface area contributed by atoms with Crippen LogP contribution >= 0.6 is 0 Å². The van der Waals surface area contributed by atoms with Crippen molar-refractivity contribution in [2.45, 2.75) is 6.42 Å². The van der Waals surface area contributed by atoms with Gasteiger partial charge in [0.2, 0.25) is 0 Å². The minimum Gasteiger partial charge on any atom is -0.497 e. The Labute approximate surface area is 101 Å². The second kappa shape index (κ2) is 5.01. The molecule has 0 spiro atoms. The number of ether oxygens (including phenoxy) is 1. The van der Waals surface area contributed by atoms with E-state index >= 15 is 0 Å². The largest absolute Gasteiger partial charge is 0.497 e. The van der Waals surface area contributed by atoms with Gasteiger partial charge in [-0.1, -0.05) is 12.1 Å². The fourth-order valence-electron chi connectivity index (χ4n) is 1.93. The molecule has 1 aromatic carbocycles. The van der Waals surface area contributed by atoms with Gasteiger partial charge in [-0.2, -0.15) is 5.10 Å². The van der Waals surface area contributed by atoms with Crippen LogP contribution in [0.4, 0.5) is 0 Å². The van der Waals surface area contributed by atoms with Crippen LogP contribution in [0, 0.1) is 0 Å². The molecule has 0 saturated heterocycles. The second-order valence-electron chi connectivity index (χ2n) is 3.90. The first-order valence-corrected chi connectivity index (χ1v) is 5.61. The number of rotatable bonds is 4. The first-order valence-electron chi connectivity index (χ1n) is 5.61. The zero-order valence-electron chi connectivity index (χ0n) is 10.2. The molecule has 2 rings (SSSR count). The van der Waals surface area contributed by atoms with E-state index in [0.717, 1.165) is 29.0 Å². The van der Waals surface area contributed by atoms with Crippen molar-refractivity contribution in [3.05, 3.63) is 36.2 Å². The van der Waals surface area contributed by atoms with Gasteiger partial charge in [0.05, 0.1) is 13.3 Å². The molecule has 90 valence electrons. The first-order chi connectivity index (χ1) is 8.26. The topological polar surface area (TPSA) is 53.1 Å². The van der Waals surface area contributed by atoms with Gasteiger partial charge in [0.25, 0.3) is 0 Å². The SMILES string of the molecule is COc1cccc(-c2cnn(C)c2CCN)c1. The van der Waals surface area contributed by atoms with E-state index in [1.807, 2.05) is 36.1 Å². The maximum atomic E-state index is 5.63. The smallest absolute Gasteiger partial charge is 0.119 e. The molecule has 0 fully saturated rings. The third kappa shape index (κ3) is 2.31. The van der Waals surface area contributed by atoms with Crippen molar-refractivity contribution in [1.29, 1.82) is 0 Å². The van der Waals surface area contributed by atoms with Crippen LogP contribution in [0.15, 0.2) is 30.5 Å². The third-order valence-corrected chi connectivity index (χ3v) is 2.82. The summed E-state index contributed by atoms with van der Waals surface area (Å²) in [6.07, 6.45) is 2.70. The Balaban J connectivity index is 2.44. The lowest BCUT2D eigenvalue weighted by Gasteiger charge is -2.06. The summed E-state index contributed by atoms with van der Waals surface area (Å²) in [4.78, 5) is 0. The van der Waals surface area contributed by atoms with Gasteiger partial charge in [0.15, 0.2) is 0 Å². The monoisotopic (exact) mass is 231 g/mol. The number of hydrogen-bond acceptors (Lipinski definition) is 3. The molecule has 2 aromatic rings. The summed E-state index contributed by atoms with van der Waals surface area (Å²) in [6.45, 7) is 0.622. The van der Waals surface area contributed by atoms with Gasteiger partial charge < -0.3 is 10.5 Å². The number of hydrogen-bond donors (Lipinski definition) is 1. The average molecular weight is 231 g/mol. The van der Waals surface area contributed by atoms with Gasteiger partial charge in [-0.15, -0.1) is 0 Å². The van der Waals surface area contributed by atoms with Crippen molar-refractivity contribution in [3.8, 4) is 16.9 Å². The van der Waals surface area contributed by atoms with E-state index in [2.05, 4.69) is 11.2 Å². The quantitative estimate of drug-likeness (QED) is 0.869. The normalized spacial score (nSPS) is 10.5. The minimum absolute atomic E-state index is 0.622. The molecular formula is C13H17N3O. The van der Waals surface area contributed by atoms with Crippen LogP contribution in [-0.4, -0.2) is 23.4 Å². The summed E-state index contributed by atoms with van der Waals surface area (Å²) in [6, 6.07) is 7.98. The van der Waals surface area contributed by atoms with Crippen molar-refractivity contribution in [3.63, 3.8) is 0 Å². The fourth-order valence-corrected chi connectivity index (χ4v) is 1.93. The Bertz CT molecular complexity index is 505. The lowest BCUT2D eigenvalue weighted by Crippen LogP contribution is -2.08. The molecule has 1 aromatic heterocycles. The van der Waals surface area contributed by atoms with Crippen LogP contribution in [0.5, 0.6) is 5.75 Å². The van der Waals surface area contributed by atoms with Gasteiger partial charge in [-0.3, -0.25) is 4.68 Å². The van der Waals surface area contributed by atoms with Crippen molar-refractivity contribution in [2.24, 2.45) is 12.8 Å². The summed E-state index contributed by atoms with van der Waals surface area (Å²) in [5, 5.41) is 4.29. The Morgan fingerprint density at radius 3 is 2.94 bits per heavy atom. The molecule has 0 aliphatic heterocycles. The molecular weight excluding hydrogens is 214 g/mol. The standard InChI is InChI=1S/C13H17N3O/c1-16-13(6-7-14)12(9-15-16)10-4-3-5-11(8-10)17-2/h3-5,8-9H,6-7,14H2,1-2H3. The zero-order valence-corrected chi connectivity index (χ0v) is 10.2. The number of nitrogens with zero attached hydrogens (tertiary/aromatic N) is 2. The number of methoxy groups -OCH3 is 1. The third-order valence-electron chi connectivity index (χ3n) is 2.82. The highest BCUT2D eigenvalue weighted by Crippen LogP contribution is 2.26. The van der Waals surface area contributed by atoms with Crippen LogP contribution in [-0.2, 0) is 13.5 Å². The Morgan fingerprint density at radius 1 is 1.41 bits per heavy atom. The molecule has 4 heteroatoms. The van der Waals surface area contributed by atoms with Gasteiger partial charge in [0, 0.05) is 24.7 Å². The van der Waals surface area contributed by atoms with Crippen molar-refractivity contribution < 1.29 is 4.74 Å². The van der Waals surface area contributed by atoms with Crippen LogP contribution in [0.2, 0.25) is 0 Å². The lowest BCUT2D eigenvalue weighted by molar-refractivity contribution is 0.415. The maximum absolute atomic E-state index is 5.63. The molecule has 0 atom stereocenters. The van der Waals surface area contributed by atoms with Crippen molar-refractivity contribution in [1.82, 2.24) is 9.78 Å². The molecule has 0 radical (unpaired) electrons. The van der Waals surface area contributed by atoms with Gasteiger partial charge >= 0.3 is 0 Å². The Hall–Kier alpha value is -1.81. The predicted octanol–water partition coefficient (Wildman–Crippen LogP) is 1.60. The number of aromatic nitrogens is 2. The maximum Gasteiger partial charge on any atom is 0.119 e. The van der Waals surface area contributed by atoms with Crippen LogP contribution in [0.3, 0.4) is 0 Å². The van der Waals surface area contributed by atoms with Gasteiger partial charge in [0.1, 0.15) is 5.75 Å². The molecule has 0 aliphatic carbocycles. The highest BCUT2D eigenvalue weighted by atomic mass is 16.5. The van der Waals surface area contributed by atoms with E-state index in [1.54, 1.807) is 7.11 Å². The number of benzene rings is 1. The summed E-state index contributed by atoms with van der Waals surface area (Å²) in [7, 11) is 3.61. The zero-order chi connectivity index (χ0) is 12.3. The van der Waals surface area contributed by atoms with E-state index in [1.165, 1.54) is 0 Å². The fraction of sp³-hybridized carbons (Fsp3) is 0.308. The van der Waals surface area contributed by atoms with Crippen LogP contribution in [0.25, 0.3) is 11.1 Å². The summed E-state index contributed by atoms with van der Waals surface area (Å²) in [5.41, 5.74) is 9.01. The summed E-state index contributed by atoms with van der Waals surface area (Å²) >= 11 is 0. The van der Waals surface area contributed by atoms with Gasteiger partial charge in [-0.05, 0) is 24.2 Å². The number of aryl methyl sites for hydroxylation is 1. The minimum atomic E-state index is 0.622. The van der Waals surface area contributed by atoms with E-state index in [4.69, 9.17) is 10.5 Å². The lowest BCUT2D eigenvalue weighted by atomic mass is 10.0. The molecule has 0 aliphatic rings. The first kappa shape index (κ1) is 11.7. The average Bonchev–Trinajstić information content (AvgIpc) is 2.72. The predicted molar refractivity (Wildman–Crippen MR) is 68.0 cm³/mol. The highest BCUT2D eigenvalue weighted by molar-refractivity contribution is 5.67. The van der Waals surface area contributed by atoms with Crippen molar-refractivity contribution in [2.75, 3.05) is 13.7 Å². The molecule has 2 N–H and O–H groups in total. The van der Waals surface area contributed by atoms with Gasteiger partial charge in [-0.25, -0.2) is 0 Å². The molecule has 4 nitrogen and oxygen atoms in total. The summed E-state index contributed by atoms with van der Waals surface area (Å²) in [5.74, 6) is 0.852. The van der Waals surface area contributed by atoms with Crippen LogP contribution < -0.4 is 10.5 Å². The van der Waals surface area contributed by atoms with E-state index < -0.39 is 0 Å². The number of nitrogens with two attached hydrogens (primary N) is 1. The van der Waals surface area contributed by atoms with E-state index in [0.29, 0.717) is 6.54 Å². The molecule has 1 heterocycles. The van der Waals surface area contributed by atoms with Crippen molar-refractivity contribution >= 4 is 0 Å². The Kier molecular flexibility index (Phi) is 3.44. The molecule has 0 saturated carbocycles. The highest BCUT2D eigenvalue weighted by Gasteiger charge is 2.10. The summed E-state index contributed by atoms with van der Waals surface area (Å²) < 4.78 is 7.11. The molecule has 17 heavy (non-hydrogen) atoms. The molecule has 0 amide bonds. The van der Waals surface area contributed by atoms with Crippen LogP contribution in [0.1, 0.15) is 5.69 Å². The second-order valence-corrected chi connectivity index (χ2v) is 3.90.